The first-order valence-electron chi connectivity index (χ1n) is 9.22. The van der Waals surface area contributed by atoms with Crippen LogP contribution in [0.5, 0.6) is 0 Å². The minimum absolute atomic E-state index is 0.573. The molecule has 1 aliphatic carbocycles. The number of benzene rings is 4. The lowest BCUT2D eigenvalue weighted by molar-refractivity contribution is 1.65. The molecule has 0 saturated heterocycles. The van der Waals surface area contributed by atoms with Crippen molar-refractivity contribution in [3.63, 3.8) is 0 Å². The number of hydrogen-bond acceptors (Lipinski definition) is 0. The van der Waals surface area contributed by atoms with E-state index in [0.29, 0.717) is 0 Å². The second-order valence-corrected chi connectivity index (χ2v) is 8.71. The topological polar surface area (TPSA) is 0 Å². The van der Waals surface area contributed by atoms with Crippen molar-refractivity contribution in [1.29, 1.82) is 0 Å². The van der Waals surface area contributed by atoms with Crippen molar-refractivity contribution < 1.29 is 0 Å². The third-order valence-corrected chi connectivity index (χ3v) is 7.28. The molecule has 1 aliphatic rings. The maximum absolute atomic E-state index is 2.50. The van der Waals surface area contributed by atoms with Crippen LogP contribution in [0, 0.1) is 0 Å². The van der Waals surface area contributed by atoms with E-state index in [0.717, 1.165) is 0 Å². The molecule has 0 radical (unpaired) electrons. The predicted molar refractivity (Wildman–Crippen MR) is 118 cm³/mol. The summed E-state index contributed by atoms with van der Waals surface area (Å²) in [5, 5.41) is 2.76. The maximum atomic E-state index is 2.50. The molecule has 0 bridgehead atoms. The van der Waals surface area contributed by atoms with E-state index in [-0.39, 0.29) is 0 Å². The molecule has 0 aliphatic heterocycles. The van der Waals surface area contributed by atoms with Crippen LogP contribution in [0.15, 0.2) is 115 Å². The summed E-state index contributed by atoms with van der Waals surface area (Å²) >= 11 is 0. The molecule has 4 aromatic carbocycles. The Morgan fingerprint density at radius 3 is 1.22 bits per heavy atom. The van der Waals surface area contributed by atoms with Gasteiger partial charge in [0.05, 0.1) is 0 Å². The highest BCUT2D eigenvalue weighted by Crippen LogP contribution is 2.48. The lowest BCUT2D eigenvalue weighted by Crippen LogP contribution is -2.09. The van der Waals surface area contributed by atoms with Gasteiger partial charge in [-0.3, -0.25) is 0 Å². The Bertz CT molecular complexity index is 1020. The van der Waals surface area contributed by atoms with Gasteiger partial charge < -0.3 is 0 Å². The average Bonchev–Trinajstić information content (AvgIpc) is 3.07. The minimum Gasteiger partial charge on any atom is -0.0622 e. The molecule has 0 nitrogen and oxygen atoms in total. The van der Waals surface area contributed by atoms with Gasteiger partial charge in [0.25, 0.3) is 0 Å². The Kier molecular flexibility index (Phi) is 4.20. The smallest absolute Gasteiger partial charge is 0.00879 e. The number of rotatable bonds is 3. The molecule has 4 aromatic rings. The monoisotopic (exact) mass is 362 g/mol. The summed E-state index contributed by atoms with van der Waals surface area (Å²) in [5.41, 5.74) is 6.74. The first kappa shape index (κ1) is 16.2. The predicted octanol–water partition coefficient (Wildman–Crippen LogP) is 6.19. The zero-order chi connectivity index (χ0) is 18.1. The molecule has 0 atom stereocenters. The van der Waals surface area contributed by atoms with Crippen molar-refractivity contribution in [3.05, 3.63) is 126 Å². The quantitative estimate of drug-likeness (QED) is 0.336. The van der Waals surface area contributed by atoms with Gasteiger partial charge in [0.1, 0.15) is 0 Å². The molecule has 0 fully saturated rings. The molecule has 0 heterocycles. The summed E-state index contributed by atoms with van der Waals surface area (Å²) in [6.07, 6.45) is 0. The van der Waals surface area contributed by atoms with Crippen LogP contribution in [-0.4, -0.2) is 0 Å². The van der Waals surface area contributed by atoms with Crippen LogP contribution in [0.4, 0.5) is 0 Å². The van der Waals surface area contributed by atoms with E-state index in [1.165, 1.54) is 38.4 Å². The normalized spacial score (nSPS) is 12.0. The zero-order valence-electron chi connectivity index (χ0n) is 14.9. The summed E-state index contributed by atoms with van der Waals surface area (Å²) in [4.78, 5) is 0. The van der Waals surface area contributed by atoms with Crippen molar-refractivity contribution >= 4 is 24.1 Å². The van der Waals surface area contributed by atoms with E-state index < -0.39 is 7.92 Å². The molecule has 0 N–H and O–H groups in total. The largest absolute Gasteiger partial charge is 0.0622 e. The van der Waals surface area contributed by atoms with Crippen molar-refractivity contribution in [2.45, 2.75) is 0 Å². The standard InChI is InChI=1S/C26H19P/c1-3-11-20(12-4-1)27(21-13-5-2-6-14-21)19-26-24-17-9-7-15-22(24)23-16-8-10-18-25(23)26/h1-19H. The zero-order valence-corrected chi connectivity index (χ0v) is 15.8. The van der Waals surface area contributed by atoms with Crippen LogP contribution in [0.25, 0.3) is 16.7 Å². The van der Waals surface area contributed by atoms with E-state index >= 15 is 0 Å². The molecule has 0 aromatic heterocycles. The van der Waals surface area contributed by atoms with Gasteiger partial charge in [0.2, 0.25) is 0 Å². The van der Waals surface area contributed by atoms with Crippen molar-refractivity contribution in [3.8, 4) is 11.1 Å². The van der Waals surface area contributed by atoms with Crippen LogP contribution in [0.1, 0.15) is 11.1 Å². The van der Waals surface area contributed by atoms with Crippen LogP contribution < -0.4 is 10.6 Å². The van der Waals surface area contributed by atoms with E-state index in [2.05, 4.69) is 115 Å². The molecular formula is C26H19P. The molecule has 0 spiro atoms. The molecular weight excluding hydrogens is 343 g/mol. The summed E-state index contributed by atoms with van der Waals surface area (Å²) in [5.74, 6) is 2.50. The van der Waals surface area contributed by atoms with Crippen molar-refractivity contribution in [2.75, 3.05) is 0 Å². The van der Waals surface area contributed by atoms with Crippen LogP contribution in [0.2, 0.25) is 0 Å². The molecule has 5 rings (SSSR count). The molecule has 0 unspecified atom stereocenters. The molecule has 27 heavy (non-hydrogen) atoms. The van der Waals surface area contributed by atoms with Gasteiger partial charge in [-0.25, -0.2) is 0 Å². The number of fused-ring (bicyclic) bond motifs is 3. The van der Waals surface area contributed by atoms with Crippen LogP contribution in [-0.2, 0) is 0 Å². The van der Waals surface area contributed by atoms with Gasteiger partial charge in [-0.15, -0.1) is 0 Å². The minimum atomic E-state index is -0.573. The van der Waals surface area contributed by atoms with Gasteiger partial charge in [-0.1, -0.05) is 109 Å². The first-order chi connectivity index (χ1) is 13.4. The number of hydrogen-bond donors (Lipinski definition) is 0. The van der Waals surface area contributed by atoms with Gasteiger partial charge in [-0.2, -0.15) is 0 Å². The van der Waals surface area contributed by atoms with Crippen molar-refractivity contribution in [1.82, 2.24) is 0 Å². The third-order valence-electron chi connectivity index (χ3n) is 5.05. The lowest BCUT2D eigenvalue weighted by Gasteiger charge is -2.16. The average molecular weight is 362 g/mol. The highest BCUT2D eigenvalue weighted by Gasteiger charge is 2.24. The summed E-state index contributed by atoms with van der Waals surface area (Å²) < 4.78 is 0. The van der Waals surface area contributed by atoms with Crippen LogP contribution in [0.3, 0.4) is 0 Å². The Morgan fingerprint density at radius 2 is 0.778 bits per heavy atom. The summed E-state index contributed by atoms with van der Waals surface area (Å²) in [7, 11) is -0.573. The Hall–Kier alpha value is -2.95. The fourth-order valence-corrected chi connectivity index (χ4v) is 5.91. The first-order valence-corrected chi connectivity index (χ1v) is 10.6. The fourth-order valence-electron chi connectivity index (χ4n) is 3.79. The van der Waals surface area contributed by atoms with Gasteiger partial charge in [0, 0.05) is 0 Å². The summed E-state index contributed by atoms with van der Waals surface area (Å²) in [6, 6.07) is 39.3. The highest BCUT2D eigenvalue weighted by atomic mass is 31.1. The van der Waals surface area contributed by atoms with Gasteiger partial charge in [0.15, 0.2) is 0 Å². The van der Waals surface area contributed by atoms with E-state index in [9.17, 15) is 0 Å². The fraction of sp³-hybridized carbons (Fsp3) is 0. The highest BCUT2D eigenvalue weighted by molar-refractivity contribution is 7.76. The Balaban J connectivity index is 1.73. The second-order valence-electron chi connectivity index (χ2n) is 6.68. The van der Waals surface area contributed by atoms with Crippen molar-refractivity contribution in [2.24, 2.45) is 0 Å². The third kappa shape index (κ3) is 2.93. The van der Waals surface area contributed by atoms with E-state index in [1.807, 2.05) is 0 Å². The Morgan fingerprint density at radius 1 is 0.407 bits per heavy atom. The van der Waals surface area contributed by atoms with Gasteiger partial charge >= 0.3 is 0 Å². The molecule has 0 amide bonds. The van der Waals surface area contributed by atoms with Crippen LogP contribution >= 0.6 is 7.92 Å². The maximum Gasteiger partial charge on any atom is -0.00879 e. The second kappa shape index (κ2) is 6.99. The van der Waals surface area contributed by atoms with E-state index in [1.54, 1.807) is 0 Å². The van der Waals surface area contributed by atoms with Gasteiger partial charge in [-0.05, 0) is 52.2 Å². The SMILES string of the molecule is C(=C1c2ccccc2-c2ccccc21)P(c1ccccc1)c1ccccc1. The molecule has 1 heteroatoms. The molecule has 0 saturated carbocycles. The molecule has 128 valence electrons. The lowest BCUT2D eigenvalue weighted by atomic mass is 10.1. The van der Waals surface area contributed by atoms with E-state index in [4.69, 9.17) is 0 Å². The summed E-state index contributed by atoms with van der Waals surface area (Å²) in [6.45, 7) is 0. The Labute approximate surface area is 161 Å².